The van der Waals surface area contributed by atoms with Crippen LogP contribution in [0.4, 0.5) is 39.5 Å². The van der Waals surface area contributed by atoms with Crippen molar-refractivity contribution in [3.63, 3.8) is 0 Å². The molecular weight excluding hydrogens is 744 g/mol. The summed E-state index contributed by atoms with van der Waals surface area (Å²) in [4.78, 5) is 9.83. The molecule has 3 N–H and O–H groups in total. The van der Waals surface area contributed by atoms with Crippen molar-refractivity contribution >= 4 is 50.7 Å². The lowest BCUT2D eigenvalue weighted by Gasteiger charge is -2.13. The number of alkyl halides is 10. The highest BCUT2D eigenvalue weighted by Gasteiger charge is 2.35. The molecule has 0 aliphatic carbocycles. The number of nitrogens with two attached hydrogens (primary N) is 1. The highest BCUT2D eigenvalue weighted by atomic mass is 35.5. The third kappa shape index (κ3) is 14.0. The van der Waals surface area contributed by atoms with Gasteiger partial charge < -0.3 is 5.73 Å². The van der Waals surface area contributed by atoms with E-state index in [1.54, 1.807) is 0 Å². The molecular formula is C27H28Cl2F9N7OS2. The van der Waals surface area contributed by atoms with Crippen molar-refractivity contribution in [2.75, 3.05) is 5.75 Å². The van der Waals surface area contributed by atoms with Crippen LogP contribution in [0.1, 0.15) is 59.3 Å². The number of hydrogen-bond acceptors (Lipinski definition) is 8. The molecule has 0 aromatic carbocycles. The van der Waals surface area contributed by atoms with Gasteiger partial charge in [-0.2, -0.15) is 44.8 Å². The first kappa shape index (κ1) is 44.7. The van der Waals surface area contributed by atoms with Gasteiger partial charge in [-0.3, -0.25) is 20.4 Å². The number of rotatable bonds is 4. The summed E-state index contributed by atoms with van der Waals surface area (Å²) in [5, 5.41) is 14.9. The van der Waals surface area contributed by atoms with Gasteiger partial charge in [-0.1, -0.05) is 37.4 Å². The Balaban J connectivity index is 0.000000694. The normalized spacial score (nSPS) is 17.1. The number of aromatic nitrogens is 3. The maximum absolute atomic E-state index is 12.4. The minimum Gasteiger partial charge on any atom is -0.379 e. The third-order valence-electron chi connectivity index (χ3n) is 5.77. The maximum Gasteiger partial charge on any atom is 0.433 e. The summed E-state index contributed by atoms with van der Waals surface area (Å²) < 4.78 is 125. The zero-order valence-electron chi connectivity index (χ0n) is 23.5. The number of nitrogens with zero attached hydrogens (tertiary/aromatic N) is 5. The molecule has 266 valence electrons. The van der Waals surface area contributed by atoms with E-state index in [2.05, 4.69) is 19.3 Å². The SMILES string of the molecule is C.Cl.FC(F)(F)c1ccc(CCl)cn1.N#CN=S1(=O)CCCC1c1ccc(C(F)(F)F)nc1.N=C(N)SCc1ccc(C(F)(F)F)nc1. The third-order valence-corrected chi connectivity index (χ3v) is 9.53. The van der Waals surface area contributed by atoms with Gasteiger partial charge in [0.15, 0.2) is 5.17 Å². The summed E-state index contributed by atoms with van der Waals surface area (Å²) in [6.45, 7) is 0. The van der Waals surface area contributed by atoms with Gasteiger partial charge in [0.1, 0.15) is 17.1 Å². The first-order valence-corrected chi connectivity index (χ1v) is 15.8. The zero-order chi connectivity index (χ0) is 34.8. The van der Waals surface area contributed by atoms with Crippen molar-refractivity contribution in [2.24, 2.45) is 10.1 Å². The van der Waals surface area contributed by atoms with E-state index in [9.17, 15) is 43.7 Å². The topological polar surface area (TPSA) is 142 Å². The number of amidine groups is 1. The highest BCUT2D eigenvalue weighted by Crippen LogP contribution is 2.37. The highest BCUT2D eigenvalue weighted by molar-refractivity contribution is 8.13. The molecule has 3 aromatic rings. The van der Waals surface area contributed by atoms with Crippen molar-refractivity contribution in [1.29, 1.82) is 10.7 Å². The second-order valence-electron chi connectivity index (χ2n) is 9.08. The van der Waals surface area contributed by atoms with Gasteiger partial charge in [0.05, 0.1) is 15.0 Å². The number of halogens is 11. The van der Waals surface area contributed by atoms with Crippen molar-refractivity contribution in [2.45, 2.75) is 55.7 Å². The van der Waals surface area contributed by atoms with Crippen LogP contribution in [0.25, 0.3) is 0 Å². The fourth-order valence-electron chi connectivity index (χ4n) is 3.63. The quantitative estimate of drug-likeness (QED) is 0.0887. The Morgan fingerprint density at radius 2 is 1.38 bits per heavy atom. The van der Waals surface area contributed by atoms with Crippen LogP contribution in [-0.2, 0) is 39.9 Å². The second-order valence-corrected chi connectivity index (χ2v) is 12.9. The molecule has 8 nitrogen and oxygen atoms in total. The van der Waals surface area contributed by atoms with Crippen LogP contribution in [0, 0.1) is 16.9 Å². The van der Waals surface area contributed by atoms with E-state index >= 15 is 0 Å². The Labute approximate surface area is 285 Å². The van der Waals surface area contributed by atoms with Gasteiger partial charge in [-0.15, -0.1) is 28.4 Å². The van der Waals surface area contributed by atoms with Crippen LogP contribution in [0.3, 0.4) is 0 Å². The fourth-order valence-corrected chi connectivity index (χ4v) is 6.61. The Morgan fingerprint density at radius 3 is 1.73 bits per heavy atom. The molecule has 1 aliphatic heterocycles. The van der Waals surface area contributed by atoms with E-state index < -0.39 is 50.6 Å². The molecule has 4 heterocycles. The number of hydrogen-bond donors (Lipinski definition) is 2. The molecule has 0 bridgehead atoms. The van der Waals surface area contributed by atoms with Gasteiger partial charge in [-0.05, 0) is 47.7 Å². The fraction of sp³-hybridized carbons (Fsp3) is 0.370. The maximum atomic E-state index is 12.4. The predicted octanol–water partition coefficient (Wildman–Crippen LogP) is 9.01. The molecule has 1 aliphatic rings. The molecule has 2 unspecified atom stereocenters. The van der Waals surface area contributed by atoms with Crippen LogP contribution in [0.15, 0.2) is 59.4 Å². The summed E-state index contributed by atoms with van der Waals surface area (Å²) in [6, 6.07) is 6.58. The minimum absolute atomic E-state index is 0. The van der Waals surface area contributed by atoms with E-state index in [4.69, 9.17) is 28.0 Å². The first-order chi connectivity index (χ1) is 21.3. The molecule has 2 atom stereocenters. The first-order valence-electron chi connectivity index (χ1n) is 12.5. The minimum atomic E-state index is -4.49. The number of pyridine rings is 3. The van der Waals surface area contributed by atoms with E-state index in [1.807, 2.05) is 0 Å². The Morgan fingerprint density at radius 1 is 0.917 bits per heavy atom. The molecule has 48 heavy (non-hydrogen) atoms. The van der Waals surface area contributed by atoms with Gasteiger partial charge >= 0.3 is 18.5 Å². The average Bonchev–Trinajstić information content (AvgIpc) is 3.36. The van der Waals surface area contributed by atoms with E-state index in [0.717, 1.165) is 48.6 Å². The summed E-state index contributed by atoms with van der Waals surface area (Å²) in [7, 11) is -2.70. The standard InChI is InChI=1S/C11H10F3N3OS.C8H8F3N3S.C7H5ClF3N.CH4.ClH/c12-11(13,14)10-4-3-8(6-16-10)9-2-1-5-19(9,18)17-7-15;9-8(10,11)6-2-1-5(3-14-6)4-15-7(12)13;8-3-5-1-2-6(12-4-5)7(9,10)11;;/h3-4,6,9H,1-2,5H2;1-3H,4H2,(H3,12,13);1-2,4H,3H2;1H4;1H. The van der Waals surface area contributed by atoms with Crippen LogP contribution in [0.5, 0.6) is 0 Å². The number of thioether (sulfide) groups is 1. The molecule has 1 saturated heterocycles. The predicted molar refractivity (Wildman–Crippen MR) is 167 cm³/mol. The van der Waals surface area contributed by atoms with Gasteiger partial charge in [0, 0.05) is 36.0 Å². The average molecular weight is 773 g/mol. The lowest BCUT2D eigenvalue weighted by Crippen LogP contribution is -2.11. The Bertz CT molecular complexity index is 1610. The molecule has 0 spiro atoms. The van der Waals surface area contributed by atoms with Crippen LogP contribution >= 0.6 is 35.8 Å². The summed E-state index contributed by atoms with van der Waals surface area (Å²) >= 11 is 6.41. The van der Waals surface area contributed by atoms with E-state index in [0.29, 0.717) is 41.0 Å². The Kier molecular flexibility index (Phi) is 17.7. The van der Waals surface area contributed by atoms with E-state index in [1.165, 1.54) is 24.4 Å². The van der Waals surface area contributed by atoms with Crippen molar-refractivity contribution in [3.8, 4) is 6.19 Å². The monoisotopic (exact) mass is 771 g/mol. The largest absolute Gasteiger partial charge is 0.433 e. The van der Waals surface area contributed by atoms with Gasteiger partial charge in [-0.25, -0.2) is 4.21 Å². The van der Waals surface area contributed by atoms with Crippen molar-refractivity contribution in [1.82, 2.24) is 15.0 Å². The molecule has 0 amide bonds. The lowest BCUT2D eigenvalue weighted by molar-refractivity contribution is -0.142. The van der Waals surface area contributed by atoms with E-state index in [-0.39, 0.29) is 30.9 Å². The van der Waals surface area contributed by atoms with Crippen LogP contribution in [-0.4, -0.2) is 30.1 Å². The molecule has 1 fully saturated rings. The molecule has 0 saturated carbocycles. The zero-order valence-corrected chi connectivity index (χ0v) is 26.7. The smallest absolute Gasteiger partial charge is 0.379 e. The Hall–Kier alpha value is -3.34. The molecule has 3 aromatic heterocycles. The molecule has 0 radical (unpaired) electrons. The van der Waals surface area contributed by atoms with Gasteiger partial charge in [0.25, 0.3) is 0 Å². The van der Waals surface area contributed by atoms with Gasteiger partial charge in [0.2, 0.25) is 6.19 Å². The second kappa shape index (κ2) is 19.0. The lowest BCUT2D eigenvalue weighted by atomic mass is 10.1. The van der Waals surface area contributed by atoms with Crippen LogP contribution in [0.2, 0.25) is 0 Å². The summed E-state index contributed by atoms with van der Waals surface area (Å²) in [6.07, 6.45) is -7.23. The summed E-state index contributed by atoms with van der Waals surface area (Å²) in [5.41, 5.74) is 3.90. The molecule has 21 heteroatoms. The van der Waals surface area contributed by atoms with Crippen molar-refractivity contribution < 1.29 is 43.7 Å². The van der Waals surface area contributed by atoms with Crippen molar-refractivity contribution in [3.05, 3.63) is 88.8 Å². The number of nitrogens with one attached hydrogen (secondary N) is 1. The summed E-state index contributed by atoms with van der Waals surface area (Å²) in [5.74, 6) is 0.817. The molecule has 4 rings (SSSR count). The van der Waals surface area contributed by atoms with Crippen LogP contribution < -0.4 is 5.73 Å². The number of nitriles is 1.